The fraction of sp³-hybridized carbons (Fsp3) is 1.00. The lowest BCUT2D eigenvalue weighted by Gasteiger charge is -2.35. The summed E-state index contributed by atoms with van der Waals surface area (Å²) in [6.07, 6.45) is 3.30. The van der Waals surface area contributed by atoms with Crippen LogP contribution in [0, 0.1) is 0 Å². The first kappa shape index (κ1) is 12.0. The highest BCUT2D eigenvalue weighted by molar-refractivity contribution is 4.76. The molecule has 1 heterocycles. The number of aliphatic hydroxyl groups excluding tert-OH is 1. The van der Waals surface area contributed by atoms with Gasteiger partial charge in [-0.1, -0.05) is 0 Å². The van der Waals surface area contributed by atoms with E-state index in [0.717, 1.165) is 19.0 Å². The second-order valence-electron chi connectivity index (χ2n) is 4.67. The highest BCUT2D eigenvalue weighted by atomic mass is 16.3. The van der Waals surface area contributed by atoms with Crippen LogP contribution in [0.4, 0.5) is 0 Å². The number of piperidine rings is 1. The Bertz CT molecular complexity index is 151. The van der Waals surface area contributed by atoms with Crippen LogP contribution in [0.15, 0.2) is 0 Å². The van der Waals surface area contributed by atoms with E-state index in [0.29, 0.717) is 0 Å². The Morgan fingerprint density at radius 1 is 1.36 bits per heavy atom. The molecular weight excluding hydrogens is 176 g/mol. The molecule has 0 amide bonds. The lowest BCUT2D eigenvalue weighted by molar-refractivity contribution is 0.117. The van der Waals surface area contributed by atoms with Crippen molar-refractivity contribution in [3.05, 3.63) is 0 Å². The third-order valence-corrected chi connectivity index (χ3v) is 3.15. The Hall–Kier alpha value is -0.120. The Morgan fingerprint density at radius 3 is 2.36 bits per heavy atom. The molecule has 0 aliphatic carbocycles. The van der Waals surface area contributed by atoms with Crippen molar-refractivity contribution in [2.75, 3.05) is 33.7 Å². The Labute approximate surface area is 87.7 Å². The number of nitrogens with zero attached hydrogens (tertiary/aromatic N) is 2. The van der Waals surface area contributed by atoms with E-state index in [1.165, 1.54) is 25.9 Å². The van der Waals surface area contributed by atoms with Gasteiger partial charge in [-0.2, -0.15) is 0 Å². The molecule has 14 heavy (non-hydrogen) atoms. The topological polar surface area (TPSA) is 26.7 Å². The molecule has 1 rings (SSSR count). The van der Waals surface area contributed by atoms with E-state index < -0.39 is 0 Å². The first-order valence-electron chi connectivity index (χ1n) is 5.66. The highest BCUT2D eigenvalue weighted by Gasteiger charge is 2.20. The van der Waals surface area contributed by atoms with Gasteiger partial charge in [-0.25, -0.2) is 0 Å². The molecule has 0 saturated carbocycles. The van der Waals surface area contributed by atoms with E-state index in [-0.39, 0.29) is 6.10 Å². The summed E-state index contributed by atoms with van der Waals surface area (Å²) >= 11 is 0. The van der Waals surface area contributed by atoms with Gasteiger partial charge in [-0.3, -0.25) is 0 Å². The van der Waals surface area contributed by atoms with E-state index >= 15 is 0 Å². The molecule has 1 saturated heterocycles. The van der Waals surface area contributed by atoms with Gasteiger partial charge < -0.3 is 14.9 Å². The third kappa shape index (κ3) is 3.95. The maximum Gasteiger partial charge on any atom is 0.0524 e. The van der Waals surface area contributed by atoms with Gasteiger partial charge in [0.2, 0.25) is 0 Å². The smallest absolute Gasteiger partial charge is 0.0524 e. The molecule has 1 N–H and O–H groups in total. The first-order chi connectivity index (χ1) is 6.59. The molecule has 1 aliphatic heterocycles. The Balaban J connectivity index is 2.16. The SMILES string of the molecule is CC(O)CCN1CCC(N(C)C)CC1. The maximum absolute atomic E-state index is 9.19. The predicted molar refractivity (Wildman–Crippen MR) is 59.4 cm³/mol. The van der Waals surface area contributed by atoms with Gasteiger partial charge in [0.1, 0.15) is 0 Å². The molecular formula is C11H24N2O. The fourth-order valence-electron chi connectivity index (χ4n) is 2.03. The molecule has 0 spiro atoms. The van der Waals surface area contributed by atoms with Crippen molar-refractivity contribution in [1.82, 2.24) is 9.80 Å². The van der Waals surface area contributed by atoms with Crippen LogP contribution in [-0.4, -0.2) is 60.8 Å². The van der Waals surface area contributed by atoms with Crippen LogP contribution in [0.25, 0.3) is 0 Å². The van der Waals surface area contributed by atoms with Crippen molar-refractivity contribution < 1.29 is 5.11 Å². The molecule has 0 aromatic carbocycles. The summed E-state index contributed by atoms with van der Waals surface area (Å²) in [4.78, 5) is 4.79. The molecule has 1 unspecified atom stereocenters. The lowest BCUT2D eigenvalue weighted by Crippen LogP contribution is -2.42. The highest BCUT2D eigenvalue weighted by Crippen LogP contribution is 2.14. The van der Waals surface area contributed by atoms with E-state index in [9.17, 15) is 5.11 Å². The van der Waals surface area contributed by atoms with Gasteiger partial charge in [-0.15, -0.1) is 0 Å². The van der Waals surface area contributed by atoms with Gasteiger partial charge in [-0.05, 0) is 53.4 Å². The van der Waals surface area contributed by atoms with Crippen LogP contribution < -0.4 is 0 Å². The molecule has 3 heteroatoms. The van der Waals surface area contributed by atoms with E-state index in [1.54, 1.807) is 0 Å². The summed E-state index contributed by atoms with van der Waals surface area (Å²) in [5, 5.41) is 9.19. The number of hydrogen-bond acceptors (Lipinski definition) is 3. The zero-order valence-electron chi connectivity index (χ0n) is 9.74. The normalized spacial score (nSPS) is 22.9. The van der Waals surface area contributed by atoms with Crippen LogP contribution in [0.2, 0.25) is 0 Å². The molecule has 0 bridgehead atoms. The molecule has 3 nitrogen and oxygen atoms in total. The third-order valence-electron chi connectivity index (χ3n) is 3.15. The van der Waals surface area contributed by atoms with Crippen LogP contribution >= 0.6 is 0 Å². The lowest BCUT2D eigenvalue weighted by atomic mass is 10.0. The van der Waals surface area contributed by atoms with Gasteiger partial charge in [0.05, 0.1) is 6.10 Å². The second-order valence-corrected chi connectivity index (χ2v) is 4.67. The summed E-state index contributed by atoms with van der Waals surface area (Å²) in [7, 11) is 4.33. The first-order valence-corrected chi connectivity index (χ1v) is 5.66. The van der Waals surface area contributed by atoms with Crippen LogP contribution in [-0.2, 0) is 0 Å². The average Bonchev–Trinajstić information content (AvgIpc) is 2.15. The minimum Gasteiger partial charge on any atom is -0.393 e. The quantitative estimate of drug-likeness (QED) is 0.726. The zero-order valence-corrected chi connectivity index (χ0v) is 9.74. The van der Waals surface area contributed by atoms with Gasteiger partial charge in [0, 0.05) is 12.6 Å². The van der Waals surface area contributed by atoms with Crippen molar-refractivity contribution in [1.29, 1.82) is 0 Å². The van der Waals surface area contributed by atoms with Crippen molar-refractivity contribution >= 4 is 0 Å². The summed E-state index contributed by atoms with van der Waals surface area (Å²) in [5.74, 6) is 0. The van der Waals surface area contributed by atoms with Crippen molar-refractivity contribution in [3.63, 3.8) is 0 Å². The van der Waals surface area contributed by atoms with E-state index in [4.69, 9.17) is 0 Å². The van der Waals surface area contributed by atoms with Gasteiger partial charge in [0.15, 0.2) is 0 Å². The summed E-state index contributed by atoms with van der Waals surface area (Å²) < 4.78 is 0. The minimum atomic E-state index is -0.151. The standard InChI is InChI=1S/C11H24N2O/c1-10(14)4-7-13-8-5-11(6-9-13)12(2)3/h10-11,14H,4-9H2,1-3H3. The molecule has 1 aliphatic rings. The monoisotopic (exact) mass is 200 g/mol. The van der Waals surface area contributed by atoms with E-state index in [1.807, 2.05) is 6.92 Å². The van der Waals surface area contributed by atoms with Crippen molar-refractivity contribution in [2.45, 2.75) is 38.3 Å². The van der Waals surface area contributed by atoms with Crippen LogP contribution in [0.5, 0.6) is 0 Å². The molecule has 0 aromatic heterocycles. The van der Waals surface area contributed by atoms with Crippen LogP contribution in [0.1, 0.15) is 26.2 Å². The number of aliphatic hydroxyl groups is 1. The summed E-state index contributed by atoms with van der Waals surface area (Å²) in [5.41, 5.74) is 0. The number of hydrogen-bond donors (Lipinski definition) is 1. The minimum absolute atomic E-state index is 0.151. The van der Waals surface area contributed by atoms with Gasteiger partial charge >= 0.3 is 0 Å². The summed E-state index contributed by atoms with van der Waals surface area (Å²) in [6, 6.07) is 0.762. The van der Waals surface area contributed by atoms with Gasteiger partial charge in [0.25, 0.3) is 0 Å². The Kier molecular flexibility index (Phi) is 4.85. The van der Waals surface area contributed by atoms with Crippen molar-refractivity contribution in [2.24, 2.45) is 0 Å². The maximum atomic E-state index is 9.19. The predicted octanol–water partition coefficient (Wildman–Crippen LogP) is 0.783. The molecule has 84 valence electrons. The number of rotatable bonds is 4. The number of likely N-dealkylation sites (tertiary alicyclic amines) is 1. The molecule has 1 fully saturated rings. The van der Waals surface area contributed by atoms with Crippen molar-refractivity contribution in [3.8, 4) is 0 Å². The zero-order chi connectivity index (χ0) is 10.6. The molecule has 0 aromatic rings. The fourth-order valence-corrected chi connectivity index (χ4v) is 2.03. The molecule has 1 atom stereocenters. The van der Waals surface area contributed by atoms with Crippen LogP contribution in [0.3, 0.4) is 0 Å². The Morgan fingerprint density at radius 2 is 1.93 bits per heavy atom. The largest absolute Gasteiger partial charge is 0.393 e. The summed E-state index contributed by atoms with van der Waals surface area (Å²) in [6.45, 7) is 5.30. The average molecular weight is 200 g/mol. The van der Waals surface area contributed by atoms with E-state index in [2.05, 4.69) is 23.9 Å². The molecule has 0 radical (unpaired) electrons. The second kappa shape index (κ2) is 5.69.